The van der Waals surface area contributed by atoms with Crippen LogP contribution in [0.25, 0.3) is 0 Å². The van der Waals surface area contributed by atoms with Gasteiger partial charge in [-0.25, -0.2) is 4.68 Å². The minimum Gasteiger partial charge on any atom is -0.256 e. The first-order valence-corrected chi connectivity index (χ1v) is 4.96. The molecule has 3 aromatic heterocycles. The Bertz CT molecular complexity index is 405. The molecule has 3 heterocycles. The Morgan fingerprint density at radius 2 is 1.50 bits per heavy atom. The lowest BCUT2D eigenvalue weighted by Gasteiger charge is -1.75. The molecule has 0 N–H and O–H groups in total. The average Bonchev–Trinajstić information content (AvgIpc) is 3.05. The maximum absolute atomic E-state index is 3.72. The lowest BCUT2D eigenvalue weighted by molar-refractivity contribution is 0.654. The summed E-state index contributed by atoms with van der Waals surface area (Å²) in [5.74, 6) is 0. The SMILES string of the molecule is Cn1ccnn1.Cn1cnnn1.Cn1nccn1. The van der Waals surface area contributed by atoms with E-state index < -0.39 is 0 Å². The predicted octanol–water partition coefficient (Wildman–Crippen LogP) is -1.16. The molecule has 0 saturated carbocycles. The maximum atomic E-state index is 3.72. The zero-order valence-electron chi connectivity index (χ0n) is 10.4. The van der Waals surface area contributed by atoms with Gasteiger partial charge in [-0.15, -0.1) is 10.2 Å². The second kappa shape index (κ2) is 7.60. The van der Waals surface area contributed by atoms with E-state index in [1.807, 2.05) is 7.05 Å². The fraction of sp³-hybridized carbons (Fsp3) is 0.375. The molecule has 0 radical (unpaired) electrons. The van der Waals surface area contributed by atoms with Crippen molar-refractivity contribution in [3.05, 3.63) is 31.1 Å². The summed E-state index contributed by atoms with van der Waals surface area (Å²) in [7, 11) is 5.37. The summed E-state index contributed by atoms with van der Waals surface area (Å²) in [5, 5.41) is 24.7. The summed E-state index contributed by atoms with van der Waals surface area (Å²) in [4.78, 5) is 1.50. The highest BCUT2D eigenvalue weighted by Gasteiger charge is 1.72. The van der Waals surface area contributed by atoms with E-state index in [1.165, 1.54) is 15.8 Å². The molecule has 0 fully saturated rings. The zero-order valence-corrected chi connectivity index (χ0v) is 10.4. The summed E-state index contributed by atoms with van der Waals surface area (Å²) in [5.41, 5.74) is 0. The first-order valence-electron chi connectivity index (χ1n) is 4.96. The van der Waals surface area contributed by atoms with Gasteiger partial charge in [0.25, 0.3) is 0 Å². The van der Waals surface area contributed by atoms with Gasteiger partial charge in [0.2, 0.25) is 0 Å². The molecular weight excluding hydrogens is 236 g/mol. The van der Waals surface area contributed by atoms with Gasteiger partial charge in [0, 0.05) is 27.3 Å². The summed E-state index contributed by atoms with van der Waals surface area (Å²) in [6.45, 7) is 0. The minimum atomic E-state index is 1.50. The number of hydrogen-bond acceptors (Lipinski definition) is 7. The molecule has 10 heteroatoms. The van der Waals surface area contributed by atoms with Gasteiger partial charge in [0.05, 0.1) is 18.6 Å². The van der Waals surface area contributed by atoms with Crippen LogP contribution in [-0.4, -0.2) is 50.2 Å². The van der Waals surface area contributed by atoms with Gasteiger partial charge in [-0.3, -0.25) is 4.68 Å². The molecule has 0 unspecified atom stereocenters. The molecule has 0 aromatic carbocycles. The van der Waals surface area contributed by atoms with Crippen LogP contribution in [-0.2, 0) is 21.1 Å². The molecule has 0 aliphatic carbocycles. The van der Waals surface area contributed by atoms with Gasteiger partial charge in [-0.1, -0.05) is 5.21 Å². The van der Waals surface area contributed by atoms with Gasteiger partial charge in [0.15, 0.2) is 0 Å². The second-order valence-corrected chi connectivity index (χ2v) is 3.08. The third-order valence-corrected chi connectivity index (χ3v) is 1.53. The Labute approximate surface area is 103 Å². The Morgan fingerprint density at radius 3 is 1.67 bits per heavy atom. The van der Waals surface area contributed by atoms with Crippen molar-refractivity contribution in [1.82, 2.24) is 50.2 Å². The Morgan fingerprint density at radius 1 is 0.778 bits per heavy atom. The van der Waals surface area contributed by atoms with Crippen LogP contribution in [0.1, 0.15) is 0 Å². The van der Waals surface area contributed by atoms with Gasteiger partial charge in [0.1, 0.15) is 6.33 Å². The molecule has 0 atom stereocenters. The van der Waals surface area contributed by atoms with Crippen LogP contribution in [0.5, 0.6) is 0 Å². The molecule has 0 saturated heterocycles. The van der Waals surface area contributed by atoms with Crippen LogP contribution < -0.4 is 0 Å². The topological polar surface area (TPSA) is 105 Å². The standard InChI is InChI=1S/2C3H5N3.C2H4N4/c1-6-3-2-4-5-6;1-6-4-2-3-5-6;1-6-2-3-4-5-6/h2*2-3H,1H3;2H,1H3. The lowest BCUT2D eigenvalue weighted by atomic mass is 10.9. The van der Waals surface area contributed by atoms with E-state index in [0.717, 1.165) is 0 Å². The van der Waals surface area contributed by atoms with Crippen molar-refractivity contribution < 1.29 is 0 Å². The Hall–Kier alpha value is -2.65. The summed E-state index contributed by atoms with van der Waals surface area (Å²) >= 11 is 0. The van der Waals surface area contributed by atoms with E-state index in [-0.39, 0.29) is 0 Å². The summed E-state index contributed by atoms with van der Waals surface area (Å²) in [6.07, 6.45) is 8.22. The van der Waals surface area contributed by atoms with Gasteiger partial charge < -0.3 is 0 Å². The molecule has 0 aliphatic heterocycles. The molecule has 3 aromatic rings. The zero-order chi connectivity index (χ0) is 13.2. The Kier molecular flexibility index (Phi) is 5.66. The van der Waals surface area contributed by atoms with Crippen LogP contribution in [0.15, 0.2) is 31.1 Å². The summed E-state index contributed by atoms with van der Waals surface area (Å²) < 4.78 is 3.17. The van der Waals surface area contributed by atoms with E-state index in [4.69, 9.17) is 0 Å². The molecule has 0 bridgehead atoms. The maximum Gasteiger partial charge on any atom is 0.137 e. The Balaban J connectivity index is 0.000000135. The van der Waals surface area contributed by atoms with E-state index in [9.17, 15) is 0 Å². The number of aryl methyl sites for hydroxylation is 3. The number of hydrogen-bond donors (Lipinski definition) is 0. The highest BCUT2D eigenvalue weighted by Crippen LogP contribution is 1.66. The van der Waals surface area contributed by atoms with Crippen molar-refractivity contribution in [3.8, 4) is 0 Å². The first-order chi connectivity index (χ1) is 8.68. The number of tetrazole rings is 1. The van der Waals surface area contributed by atoms with E-state index in [1.54, 1.807) is 43.6 Å². The third kappa shape index (κ3) is 6.05. The van der Waals surface area contributed by atoms with Crippen molar-refractivity contribution in [1.29, 1.82) is 0 Å². The van der Waals surface area contributed by atoms with Crippen LogP contribution in [0.4, 0.5) is 0 Å². The summed E-state index contributed by atoms with van der Waals surface area (Å²) in [6, 6.07) is 0. The minimum absolute atomic E-state index is 1.50. The van der Waals surface area contributed by atoms with E-state index >= 15 is 0 Å². The van der Waals surface area contributed by atoms with Crippen LogP contribution in [0, 0.1) is 0 Å². The van der Waals surface area contributed by atoms with Crippen molar-refractivity contribution in [2.24, 2.45) is 21.1 Å². The number of aromatic nitrogens is 10. The van der Waals surface area contributed by atoms with E-state index in [2.05, 4.69) is 36.0 Å². The lowest BCUT2D eigenvalue weighted by Crippen LogP contribution is -1.89. The highest BCUT2D eigenvalue weighted by atomic mass is 15.5. The normalized spacial score (nSPS) is 8.83. The molecule has 3 rings (SSSR count). The first kappa shape index (κ1) is 13.4. The monoisotopic (exact) mass is 250 g/mol. The molecule has 0 spiro atoms. The van der Waals surface area contributed by atoms with Crippen LogP contribution >= 0.6 is 0 Å². The van der Waals surface area contributed by atoms with Gasteiger partial charge in [-0.05, 0) is 10.4 Å². The van der Waals surface area contributed by atoms with Crippen molar-refractivity contribution in [2.45, 2.75) is 0 Å². The quantitative estimate of drug-likeness (QED) is 0.495. The third-order valence-electron chi connectivity index (χ3n) is 1.53. The largest absolute Gasteiger partial charge is 0.256 e. The molecule has 0 aliphatic rings. The average molecular weight is 250 g/mol. The molecule has 18 heavy (non-hydrogen) atoms. The molecular formula is C8H14N10. The van der Waals surface area contributed by atoms with E-state index in [0.29, 0.717) is 0 Å². The van der Waals surface area contributed by atoms with Gasteiger partial charge in [-0.2, -0.15) is 15.0 Å². The number of rotatable bonds is 0. The smallest absolute Gasteiger partial charge is 0.137 e. The van der Waals surface area contributed by atoms with Crippen LogP contribution in [0.2, 0.25) is 0 Å². The van der Waals surface area contributed by atoms with Crippen molar-refractivity contribution >= 4 is 0 Å². The van der Waals surface area contributed by atoms with Gasteiger partial charge >= 0.3 is 0 Å². The molecule has 10 nitrogen and oxygen atoms in total. The fourth-order valence-electron chi connectivity index (χ4n) is 0.757. The fourth-order valence-corrected chi connectivity index (χ4v) is 0.757. The number of nitrogens with zero attached hydrogens (tertiary/aromatic N) is 10. The molecule has 0 amide bonds. The van der Waals surface area contributed by atoms with Crippen molar-refractivity contribution in [2.75, 3.05) is 0 Å². The highest BCUT2D eigenvalue weighted by molar-refractivity contribution is 4.59. The predicted molar refractivity (Wildman–Crippen MR) is 60.8 cm³/mol. The van der Waals surface area contributed by atoms with Crippen molar-refractivity contribution in [3.63, 3.8) is 0 Å². The second-order valence-electron chi connectivity index (χ2n) is 3.08. The molecule has 96 valence electrons. The van der Waals surface area contributed by atoms with Crippen LogP contribution in [0.3, 0.4) is 0 Å².